The first-order valence-electron chi connectivity index (χ1n) is 7.69. The van der Waals surface area contributed by atoms with Gasteiger partial charge in [-0.25, -0.2) is 8.42 Å². The Kier molecular flexibility index (Phi) is 4.98. The first kappa shape index (κ1) is 17.7. The van der Waals surface area contributed by atoms with Crippen molar-refractivity contribution >= 4 is 33.0 Å². The molecule has 0 unspecified atom stereocenters. The number of sulfonamides is 1. The summed E-state index contributed by atoms with van der Waals surface area (Å²) in [5.74, 6) is 0.170. The van der Waals surface area contributed by atoms with Crippen LogP contribution in [0.3, 0.4) is 0 Å². The van der Waals surface area contributed by atoms with Gasteiger partial charge in [0.2, 0.25) is 10.0 Å². The Balaban J connectivity index is 1.69. The first-order valence-corrected chi connectivity index (χ1v) is 10.0. The number of anilines is 1. The Bertz CT molecular complexity index is 854. The molecule has 25 heavy (non-hydrogen) atoms. The van der Waals surface area contributed by atoms with E-state index in [1.54, 1.807) is 7.11 Å². The van der Waals surface area contributed by atoms with Crippen LogP contribution in [0.25, 0.3) is 0 Å². The molecule has 1 amide bonds. The molecule has 134 valence electrons. The predicted molar refractivity (Wildman–Crippen MR) is 96.8 cm³/mol. The van der Waals surface area contributed by atoms with E-state index in [0.29, 0.717) is 26.2 Å². The zero-order valence-corrected chi connectivity index (χ0v) is 15.3. The van der Waals surface area contributed by atoms with Gasteiger partial charge >= 0.3 is 0 Å². The van der Waals surface area contributed by atoms with E-state index < -0.39 is 15.9 Å². The molecule has 0 spiro atoms. The van der Waals surface area contributed by atoms with E-state index in [1.165, 1.54) is 15.8 Å². The van der Waals surface area contributed by atoms with Crippen LogP contribution in [0.2, 0.25) is 0 Å². The highest BCUT2D eigenvalue weighted by Gasteiger charge is 2.29. The lowest BCUT2D eigenvalue weighted by molar-refractivity contribution is 0.100. The fourth-order valence-corrected chi connectivity index (χ4v) is 5.25. The number of primary amides is 1. The average Bonchev–Trinajstić information content (AvgIpc) is 3.13. The molecule has 0 radical (unpaired) electrons. The minimum absolute atomic E-state index is 0.129. The highest BCUT2D eigenvalue weighted by atomic mass is 32.2. The maximum absolute atomic E-state index is 12.7. The van der Waals surface area contributed by atoms with Crippen LogP contribution in [0, 0.1) is 0 Å². The lowest BCUT2D eigenvalue weighted by Crippen LogP contribution is -2.48. The maximum Gasteiger partial charge on any atom is 0.258 e. The maximum atomic E-state index is 12.7. The molecule has 0 atom stereocenters. The van der Waals surface area contributed by atoms with Crippen molar-refractivity contribution in [1.29, 1.82) is 0 Å². The van der Waals surface area contributed by atoms with E-state index in [9.17, 15) is 13.2 Å². The van der Waals surface area contributed by atoms with Crippen molar-refractivity contribution in [1.82, 2.24) is 4.31 Å². The molecule has 1 aliphatic rings. The van der Waals surface area contributed by atoms with E-state index in [-0.39, 0.29) is 9.77 Å². The fraction of sp³-hybridized carbons (Fsp3) is 0.312. The molecular formula is C16H19N3O4S2. The SMILES string of the molecule is COc1ccc(N2CCN(S(=O)(=O)c3csc(C(N)=O)c3)CC2)cc1. The van der Waals surface area contributed by atoms with Gasteiger partial charge in [-0.15, -0.1) is 11.3 Å². The standard InChI is InChI=1S/C16H19N3O4S2/c1-23-13-4-2-12(3-5-13)18-6-8-19(9-7-18)25(21,22)14-10-15(16(17)20)24-11-14/h2-5,10-11H,6-9H2,1H3,(H2,17,20). The Morgan fingerprint density at radius 2 is 1.80 bits per heavy atom. The van der Waals surface area contributed by atoms with Gasteiger partial charge in [-0.1, -0.05) is 0 Å². The van der Waals surface area contributed by atoms with Crippen LogP contribution < -0.4 is 15.4 Å². The number of piperazine rings is 1. The molecule has 1 aliphatic heterocycles. The summed E-state index contributed by atoms with van der Waals surface area (Å²) < 4.78 is 32.0. The summed E-state index contributed by atoms with van der Waals surface area (Å²) in [5.41, 5.74) is 6.23. The lowest BCUT2D eigenvalue weighted by Gasteiger charge is -2.35. The van der Waals surface area contributed by atoms with Crippen LogP contribution in [0.1, 0.15) is 9.67 Å². The first-order chi connectivity index (χ1) is 11.9. The van der Waals surface area contributed by atoms with Gasteiger partial charge in [0.1, 0.15) is 5.75 Å². The van der Waals surface area contributed by atoms with Gasteiger partial charge in [-0.3, -0.25) is 4.79 Å². The van der Waals surface area contributed by atoms with Crippen LogP contribution >= 0.6 is 11.3 Å². The second kappa shape index (κ2) is 7.03. The van der Waals surface area contributed by atoms with Gasteiger partial charge in [0.15, 0.2) is 0 Å². The van der Waals surface area contributed by atoms with Crippen LogP contribution in [-0.4, -0.2) is 51.9 Å². The van der Waals surface area contributed by atoms with Crippen molar-refractivity contribution in [2.75, 3.05) is 38.2 Å². The number of hydrogen-bond donors (Lipinski definition) is 1. The molecule has 2 N–H and O–H groups in total. The van der Waals surface area contributed by atoms with Gasteiger partial charge in [0.05, 0.1) is 16.9 Å². The average molecular weight is 381 g/mol. The number of carbonyl (C=O) groups excluding carboxylic acids is 1. The summed E-state index contributed by atoms with van der Waals surface area (Å²) in [6, 6.07) is 9.03. The molecule has 3 rings (SSSR count). The summed E-state index contributed by atoms with van der Waals surface area (Å²) >= 11 is 1.05. The zero-order valence-electron chi connectivity index (χ0n) is 13.7. The van der Waals surface area contributed by atoms with Crippen molar-refractivity contribution in [3.8, 4) is 5.75 Å². The highest BCUT2D eigenvalue weighted by Crippen LogP contribution is 2.25. The van der Waals surface area contributed by atoms with E-state index >= 15 is 0 Å². The van der Waals surface area contributed by atoms with E-state index in [4.69, 9.17) is 10.5 Å². The number of amides is 1. The summed E-state index contributed by atoms with van der Waals surface area (Å²) in [6.07, 6.45) is 0. The Morgan fingerprint density at radius 1 is 1.16 bits per heavy atom. The number of nitrogens with two attached hydrogens (primary N) is 1. The third kappa shape index (κ3) is 3.63. The number of carbonyl (C=O) groups is 1. The van der Waals surface area contributed by atoms with Crippen molar-refractivity contribution in [2.45, 2.75) is 4.90 Å². The number of thiophene rings is 1. The molecule has 7 nitrogen and oxygen atoms in total. The molecular weight excluding hydrogens is 362 g/mol. The smallest absolute Gasteiger partial charge is 0.258 e. The lowest BCUT2D eigenvalue weighted by atomic mass is 10.2. The minimum Gasteiger partial charge on any atom is -0.497 e. The Labute approximate surface area is 150 Å². The quantitative estimate of drug-likeness (QED) is 0.844. The van der Waals surface area contributed by atoms with Gasteiger partial charge < -0.3 is 15.4 Å². The molecule has 0 bridgehead atoms. The topological polar surface area (TPSA) is 92.9 Å². The number of hydrogen-bond acceptors (Lipinski definition) is 6. The molecule has 1 fully saturated rings. The van der Waals surface area contributed by atoms with Gasteiger partial charge in [0, 0.05) is 37.2 Å². The van der Waals surface area contributed by atoms with Crippen LogP contribution in [-0.2, 0) is 10.0 Å². The third-order valence-corrected chi connectivity index (χ3v) is 7.10. The van der Waals surface area contributed by atoms with E-state index in [2.05, 4.69) is 4.90 Å². The number of rotatable bonds is 5. The van der Waals surface area contributed by atoms with Crippen molar-refractivity contribution in [3.63, 3.8) is 0 Å². The Morgan fingerprint density at radius 3 is 2.32 bits per heavy atom. The fourth-order valence-electron chi connectivity index (χ4n) is 2.71. The Hall–Kier alpha value is -2.10. The third-order valence-electron chi connectivity index (χ3n) is 4.13. The predicted octanol–water partition coefficient (Wildman–Crippen LogP) is 1.37. The van der Waals surface area contributed by atoms with Crippen molar-refractivity contribution in [2.24, 2.45) is 5.73 Å². The normalized spacial score (nSPS) is 16.0. The molecule has 9 heteroatoms. The molecule has 2 aromatic rings. The summed E-state index contributed by atoms with van der Waals surface area (Å²) in [5, 5.41) is 1.46. The van der Waals surface area contributed by atoms with Crippen molar-refractivity contribution in [3.05, 3.63) is 40.6 Å². The van der Waals surface area contributed by atoms with Crippen LogP contribution in [0.4, 0.5) is 5.69 Å². The van der Waals surface area contributed by atoms with Gasteiger partial charge in [-0.05, 0) is 30.3 Å². The molecule has 0 aliphatic carbocycles. The number of ether oxygens (including phenoxy) is 1. The van der Waals surface area contributed by atoms with E-state index in [1.807, 2.05) is 24.3 Å². The number of methoxy groups -OCH3 is 1. The van der Waals surface area contributed by atoms with Crippen LogP contribution in [0.15, 0.2) is 40.6 Å². The van der Waals surface area contributed by atoms with Gasteiger partial charge in [0.25, 0.3) is 5.91 Å². The highest BCUT2D eigenvalue weighted by molar-refractivity contribution is 7.89. The zero-order chi connectivity index (χ0) is 18.0. The molecule has 0 saturated carbocycles. The summed E-state index contributed by atoms with van der Waals surface area (Å²) in [4.78, 5) is 13.7. The largest absolute Gasteiger partial charge is 0.497 e. The second-order valence-corrected chi connectivity index (χ2v) is 8.45. The minimum atomic E-state index is -3.60. The summed E-state index contributed by atoms with van der Waals surface area (Å²) in [7, 11) is -1.98. The molecule has 1 aromatic carbocycles. The van der Waals surface area contributed by atoms with Gasteiger partial charge in [-0.2, -0.15) is 4.31 Å². The molecule has 1 saturated heterocycles. The van der Waals surface area contributed by atoms with E-state index in [0.717, 1.165) is 22.8 Å². The number of nitrogens with zero attached hydrogens (tertiary/aromatic N) is 2. The number of benzene rings is 1. The van der Waals surface area contributed by atoms with Crippen molar-refractivity contribution < 1.29 is 17.9 Å². The molecule has 1 aromatic heterocycles. The summed E-state index contributed by atoms with van der Waals surface area (Å²) in [6.45, 7) is 1.96. The molecule has 2 heterocycles. The second-order valence-electron chi connectivity index (χ2n) is 5.60. The monoisotopic (exact) mass is 381 g/mol. The van der Waals surface area contributed by atoms with Crippen LogP contribution in [0.5, 0.6) is 5.75 Å².